The van der Waals surface area contributed by atoms with E-state index in [9.17, 15) is 8.78 Å². The molecule has 0 saturated carbocycles. The van der Waals surface area contributed by atoms with Gasteiger partial charge in [0.1, 0.15) is 24.0 Å². The normalized spacial score (nSPS) is 10.4. The molecule has 0 heterocycles. The minimum atomic E-state index is -0.270. The molecule has 2 nitrogen and oxygen atoms in total. The lowest BCUT2D eigenvalue weighted by atomic mass is 10.2. The largest absolute Gasteiger partial charge is 0.489 e. The molecule has 0 aromatic heterocycles. The van der Waals surface area contributed by atoms with E-state index in [-0.39, 0.29) is 11.6 Å². The summed E-state index contributed by atoms with van der Waals surface area (Å²) in [4.78, 5) is 0. The van der Waals surface area contributed by atoms with Crippen LogP contribution in [0.3, 0.4) is 0 Å². The van der Waals surface area contributed by atoms with Crippen LogP contribution in [-0.2, 0) is 13.2 Å². The van der Waals surface area contributed by atoms with Gasteiger partial charge in [0.15, 0.2) is 0 Å². The number of rotatable bonds is 6. The molecule has 0 aliphatic heterocycles. The van der Waals surface area contributed by atoms with E-state index in [0.717, 1.165) is 22.6 Å². The van der Waals surface area contributed by atoms with Crippen molar-refractivity contribution in [3.05, 3.63) is 95.6 Å². The summed E-state index contributed by atoms with van der Waals surface area (Å²) < 4.78 is 31.8. The fourth-order valence-corrected chi connectivity index (χ4v) is 2.31. The van der Waals surface area contributed by atoms with Crippen LogP contribution in [0.4, 0.5) is 14.5 Å². The van der Waals surface area contributed by atoms with Gasteiger partial charge in [-0.2, -0.15) is 0 Å². The Morgan fingerprint density at radius 3 is 2.29 bits per heavy atom. The first-order valence-electron chi connectivity index (χ1n) is 7.65. The zero-order valence-electron chi connectivity index (χ0n) is 13.0. The summed E-state index contributed by atoms with van der Waals surface area (Å²) in [5, 5.41) is 3.22. The molecule has 0 fully saturated rings. The molecular formula is C20H17F2NO. The van der Waals surface area contributed by atoms with Gasteiger partial charge in [-0.1, -0.05) is 24.3 Å². The van der Waals surface area contributed by atoms with Crippen molar-refractivity contribution < 1.29 is 13.5 Å². The summed E-state index contributed by atoms with van der Waals surface area (Å²) in [6, 6.07) is 20.2. The number of anilines is 1. The first kappa shape index (κ1) is 16.0. The lowest BCUT2D eigenvalue weighted by Gasteiger charge is -2.10. The summed E-state index contributed by atoms with van der Waals surface area (Å²) in [6.07, 6.45) is 0. The standard InChI is InChI=1S/C20H17F2NO/c21-17-7-9-19(10-8-17)23-13-15-3-2-6-20(12-15)24-14-16-4-1-5-18(22)11-16/h1-12,23H,13-14H2. The molecule has 122 valence electrons. The molecule has 3 aromatic rings. The summed E-state index contributed by atoms with van der Waals surface area (Å²) in [7, 11) is 0. The van der Waals surface area contributed by atoms with Gasteiger partial charge in [0, 0.05) is 12.2 Å². The molecule has 0 aliphatic rings. The van der Waals surface area contributed by atoms with Gasteiger partial charge < -0.3 is 10.1 Å². The van der Waals surface area contributed by atoms with Gasteiger partial charge in [-0.25, -0.2) is 8.78 Å². The predicted octanol–water partition coefficient (Wildman–Crippen LogP) is 5.16. The van der Waals surface area contributed by atoms with E-state index < -0.39 is 0 Å². The van der Waals surface area contributed by atoms with Gasteiger partial charge in [0.05, 0.1) is 0 Å². The average molecular weight is 325 g/mol. The van der Waals surface area contributed by atoms with Crippen LogP contribution in [0, 0.1) is 11.6 Å². The number of ether oxygens (including phenoxy) is 1. The Morgan fingerprint density at radius 2 is 1.50 bits per heavy atom. The zero-order chi connectivity index (χ0) is 16.8. The highest BCUT2D eigenvalue weighted by Gasteiger charge is 2.00. The van der Waals surface area contributed by atoms with E-state index in [0.29, 0.717) is 13.2 Å². The fourth-order valence-electron chi connectivity index (χ4n) is 2.31. The third-order valence-corrected chi connectivity index (χ3v) is 3.53. The Morgan fingerprint density at radius 1 is 0.750 bits per heavy atom. The Hall–Kier alpha value is -2.88. The van der Waals surface area contributed by atoms with Crippen LogP contribution in [0.1, 0.15) is 11.1 Å². The average Bonchev–Trinajstić information content (AvgIpc) is 2.60. The molecule has 0 aliphatic carbocycles. The van der Waals surface area contributed by atoms with Crippen molar-refractivity contribution >= 4 is 5.69 Å². The van der Waals surface area contributed by atoms with Crippen LogP contribution in [0.2, 0.25) is 0 Å². The van der Waals surface area contributed by atoms with E-state index in [1.54, 1.807) is 18.2 Å². The molecule has 0 bridgehead atoms. The molecule has 0 atom stereocenters. The maximum Gasteiger partial charge on any atom is 0.123 e. The molecule has 0 saturated heterocycles. The monoisotopic (exact) mass is 325 g/mol. The van der Waals surface area contributed by atoms with E-state index in [1.165, 1.54) is 24.3 Å². The molecule has 0 spiro atoms. The lowest BCUT2D eigenvalue weighted by molar-refractivity contribution is 0.305. The number of nitrogens with one attached hydrogen (secondary N) is 1. The van der Waals surface area contributed by atoms with E-state index in [2.05, 4.69) is 5.32 Å². The van der Waals surface area contributed by atoms with Crippen LogP contribution in [0.5, 0.6) is 5.75 Å². The van der Waals surface area contributed by atoms with Crippen molar-refractivity contribution in [1.29, 1.82) is 0 Å². The Bertz CT molecular complexity index is 803. The number of benzene rings is 3. The smallest absolute Gasteiger partial charge is 0.123 e. The number of halogens is 2. The third-order valence-electron chi connectivity index (χ3n) is 3.53. The van der Waals surface area contributed by atoms with Crippen LogP contribution >= 0.6 is 0 Å². The second kappa shape index (κ2) is 7.59. The summed E-state index contributed by atoms with van der Waals surface area (Å²) in [5.41, 5.74) is 2.67. The van der Waals surface area contributed by atoms with Gasteiger partial charge in [0.2, 0.25) is 0 Å². The van der Waals surface area contributed by atoms with Crippen molar-refractivity contribution in [3.8, 4) is 5.75 Å². The summed E-state index contributed by atoms with van der Waals surface area (Å²) in [6.45, 7) is 0.912. The second-order valence-corrected chi connectivity index (χ2v) is 5.43. The first-order chi connectivity index (χ1) is 11.7. The van der Waals surface area contributed by atoms with Crippen LogP contribution in [0.15, 0.2) is 72.8 Å². The van der Waals surface area contributed by atoms with E-state index in [4.69, 9.17) is 4.74 Å². The molecule has 3 aromatic carbocycles. The molecule has 1 N–H and O–H groups in total. The molecular weight excluding hydrogens is 308 g/mol. The molecule has 3 rings (SSSR count). The van der Waals surface area contributed by atoms with Gasteiger partial charge >= 0.3 is 0 Å². The highest BCUT2D eigenvalue weighted by atomic mass is 19.1. The molecule has 0 amide bonds. The third kappa shape index (κ3) is 4.56. The van der Waals surface area contributed by atoms with Crippen LogP contribution in [0.25, 0.3) is 0 Å². The zero-order valence-corrected chi connectivity index (χ0v) is 13.0. The van der Waals surface area contributed by atoms with Gasteiger partial charge in [-0.05, 0) is 59.7 Å². The lowest BCUT2D eigenvalue weighted by Crippen LogP contribution is -2.00. The molecule has 0 radical (unpaired) electrons. The van der Waals surface area contributed by atoms with Crippen molar-refractivity contribution in [2.75, 3.05) is 5.32 Å². The van der Waals surface area contributed by atoms with E-state index in [1.807, 2.05) is 30.3 Å². The maximum absolute atomic E-state index is 13.2. The first-order valence-corrected chi connectivity index (χ1v) is 7.65. The number of hydrogen-bond acceptors (Lipinski definition) is 2. The predicted molar refractivity (Wildman–Crippen MR) is 90.9 cm³/mol. The second-order valence-electron chi connectivity index (χ2n) is 5.43. The topological polar surface area (TPSA) is 21.3 Å². The minimum absolute atomic E-state index is 0.256. The summed E-state index contributed by atoms with van der Waals surface area (Å²) >= 11 is 0. The number of hydrogen-bond donors (Lipinski definition) is 1. The van der Waals surface area contributed by atoms with Crippen molar-refractivity contribution in [2.24, 2.45) is 0 Å². The fraction of sp³-hybridized carbons (Fsp3) is 0.100. The Balaban J connectivity index is 1.58. The maximum atomic E-state index is 13.2. The SMILES string of the molecule is Fc1ccc(NCc2cccc(OCc3cccc(F)c3)c2)cc1. The highest BCUT2D eigenvalue weighted by Crippen LogP contribution is 2.17. The van der Waals surface area contributed by atoms with E-state index >= 15 is 0 Å². The molecule has 4 heteroatoms. The molecule has 0 unspecified atom stereocenters. The van der Waals surface area contributed by atoms with Crippen molar-refractivity contribution in [1.82, 2.24) is 0 Å². The summed E-state index contributed by atoms with van der Waals surface area (Å²) in [5.74, 6) is 0.194. The molecule has 24 heavy (non-hydrogen) atoms. The van der Waals surface area contributed by atoms with Crippen LogP contribution in [-0.4, -0.2) is 0 Å². The Kier molecular flexibility index (Phi) is 5.06. The van der Waals surface area contributed by atoms with Crippen LogP contribution < -0.4 is 10.1 Å². The van der Waals surface area contributed by atoms with Gasteiger partial charge in [-0.15, -0.1) is 0 Å². The van der Waals surface area contributed by atoms with Crippen molar-refractivity contribution in [2.45, 2.75) is 13.2 Å². The van der Waals surface area contributed by atoms with Crippen molar-refractivity contribution in [3.63, 3.8) is 0 Å². The van der Waals surface area contributed by atoms with Gasteiger partial charge in [-0.3, -0.25) is 0 Å². The minimum Gasteiger partial charge on any atom is -0.489 e. The quantitative estimate of drug-likeness (QED) is 0.676. The van der Waals surface area contributed by atoms with Gasteiger partial charge in [0.25, 0.3) is 0 Å². The Labute approximate surface area is 139 Å². The highest BCUT2D eigenvalue weighted by molar-refractivity contribution is 5.44.